The van der Waals surface area contributed by atoms with Gasteiger partial charge in [0.25, 0.3) is 0 Å². The average Bonchev–Trinajstić information content (AvgIpc) is 3.30. The van der Waals surface area contributed by atoms with Crippen LogP contribution in [0.2, 0.25) is 0 Å². The Hall–Kier alpha value is -3.14. The third kappa shape index (κ3) is 2.42. The van der Waals surface area contributed by atoms with Gasteiger partial charge < -0.3 is 14.8 Å². The summed E-state index contributed by atoms with van der Waals surface area (Å²) in [7, 11) is 2.07. The smallest absolute Gasteiger partial charge is 0.142 e. The van der Waals surface area contributed by atoms with Crippen LogP contribution in [-0.2, 0) is 0 Å². The van der Waals surface area contributed by atoms with E-state index in [9.17, 15) is 0 Å². The third-order valence-corrected chi connectivity index (χ3v) is 4.61. The Morgan fingerprint density at radius 1 is 1.29 bits per heavy atom. The predicted molar refractivity (Wildman–Crippen MR) is 91.9 cm³/mol. The molecule has 1 aliphatic heterocycles. The topological polar surface area (TPSA) is 84.7 Å². The number of hydrogen-bond acceptors (Lipinski definition) is 6. The van der Waals surface area contributed by atoms with Crippen molar-refractivity contribution in [1.82, 2.24) is 19.9 Å². The maximum Gasteiger partial charge on any atom is 0.142 e. The monoisotopic (exact) mass is 319 g/mol. The summed E-state index contributed by atoms with van der Waals surface area (Å²) in [5.41, 5.74) is 2.33. The van der Waals surface area contributed by atoms with E-state index < -0.39 is 0 Å². The quantitative estimate of drug-likeness (QED) is 0.794. The van der Waals surface area contributed by atoms with Crippen molar-refractivity contribution in [3.63, 3.8) is 0 Å². The van der Waals surface area contributed by atoms with E-state index in [2.05, 4.69) is 42.9 Å². The highest BCUT2D eigenvalue weighted by Crippen LogP contribution is 2.28. The van der Waals surface area contributed by atoms with Crippen LogP contribution in [0.4, 0.5) is 11.5 Å². The zero-order valence-electron chi connectivity index (χ0n) is 13.3. The molecule has 3 aromatic heterocycles. The number of H-pyrrole nitrogens is 1. The van der Waals surface area contributed by atoms with Crippen LogP contribution < -0.4 is 9.80 Å². The lowest BCUT2D eigenvalue weighted by molar-refractivity contribution is 0.691. The lowest BCUT2D eigenvalue weighted by atomic mass is 10.2. The van der Waals surface area contributed by atoms with Gasteiger partial charge in [0, 0.05) is 32.4 Å². The van der Waals surface area contributed by atoms with Crippen molar-refractivity contribution in [3.8, 4) is 6.07 Å². The van der Waals surface area contributed by atoms with Crippen LogP contribution in [0, 0.1) is 11.3 Å². The second kappa shape index (κ2) is 5.81. The van der Waals surface area contributed by atoms with Crippen molar-refractivity contribution >= 4 is 22.5 Å². The van der Waals surface area contributed by atoms with Gasteiger partial charge in [0.05, 0.1) is 17.3 Å². The number of rotatable bonds is 3. The van der Waals surface area contributed by atoms with Gasteiger partial charge in [-0.2, -0.15) is 5.26 Å². The van der Waals surface area contributed by atoms with E-state index in [0.29, 0.717) is 11.7 Å². The number of nitrogens with one attached hydrogen (secondary N) is 1. The molecule has 120 valence electrons. The minimum absolute atomic E-state index is 0.378. The number of nitrogens with zero attached hydrogens (tertiary/aromatic N) is 6. The van der Waals surface area contributed by atoms with Crippen LogP contribution in [-0.4, -0.2) is 46.1 Å². The summed E-state index contributed by atoms with van der Waals surface area (Å²) in [5, 5.41) is 9.92. The average molecular weight is 319 g/mol. The van der Waals surface area contributed by atoms with E-state index in [4.69, 9.17) is 5.26 Å². The molecule has 0 bridgehead atoms. The lowest BCUT2D eigenvalue weighted by Gasteiger charge is -2.27. The van der Waals surface area contributed by atoms with E-state index >= 15 is 0 Å². The summed E-state index contributed by atoms with van der Waals surface area (Å²) < 4.78 is 0. The predicted octanol–water partition coefficient (Wildman–Crippen LogP) is 1.94. The summed E-state index contributed by atoms with van der Waals surface area (Å²) in [6.07, 6.45) is 6.31. The first-order chi connectivity index (χ1) is 11.8. The first-order valence-electron chi connectivity index (χ1n) is 7.88. The number of hydrogen-bond donors (Lipinski definition) is 1. The molecule has 4 rings (SSSR count). The van der Waals surface area contributed by atoms with E-state index in [1.807, 2.05) is 18.3 Å². The molecule has 1 fully saturated rings. The largest absolute Gasteiger partial charge is 0.369 e. The molecule has 0 unspecified atom stereocenters. The number of fused-ring (bicyclic) bond motifs is 1. The number of pyridine rings is 1. The molecule has 1 saturated heterocycles. The molecule has 0 amide bonds. The highest BCUT2D eigenvalue weighted by Gasteiger charge is 2.28. The Morgan fingerprint density at radius 3 is 3.00 bits per heavy atom. The van der Waals surface area contributed by atoms with Crippen LogP contribution >= 0.6 is 0 Å². The van der Waals surface area contributed by atoms with Crippen molar-refractivity contribution in [2.75, 3.05) is 29.9 Å². The number of anilines is 2. The van der Waals surface area contributed by atoms with Crippen molar-refractivity contribution in [3.05, 3.63) is 42.6 Å². The molecule has 24 heavy (non-hydrogen) atoms. The maximum atomic E-state index is 8.86. The third-order valence-electron chi connectivity index (χ3n) is 4.61. The van der Waals surface area contributed by atoms with Crippen LogP contribution in [0.15, 0.2) is 36.9 Å². The molecule has 1 aliphatic rings. The fourth-order valence-electron chi connectivity index (χ4n) is 3.23. The first-order valence-corrected chi connectivity index (χ1v) is 7.88. The van der Waals surface area contributed by atoms with Crippen LogP contribution in [0.3, 0.4) is 0 Å². The van der Waals surface area contributed by atoms with E-state index in [1.54, 1.807) is 18.6 Å². The van der Waals surface area contributed by atoms with Gasteiger partial charge in [-0.3, -0.25) is 0 Å². The van der Waals surface area contributed by atoms with Crippen LogP contribution in [0.5, 0.6) is 0 Å². The minimum Gasteiger partial charge on any atom is -0.369 e. The number of aromatic nitrogens is 4. The fraction of sp³-hybridized carbons (Fsp3) is 0.294. The molecule has 4 heterocycles. The summed E-state index contributed by atoms with van der Waals surface area (Å²) in [5.74, 6) is 0.982. The Bertz CT molecular complexity index is 893. The molecular weight excluding hydrogens is 302 g/mol. The molecule has 0 aliphatic carbocycles. The minimum atomic E-state index is 0.378. The molecule has 7 heteroatoms. The summed E-state index contributed by atoms with van der Waals surface area (Å²) >= 11 is 0. The zero-order valence-corrected chi connectivity index (χ0v) is 13.3. The SMILES string of the molecule is CN(c1ccc(C#N)nc1)[C@@H]1CCN(c2ncnc3[nH]ccc23)C1. The molecule has 1 atom stereocenters. The van der Waals surface area contributed by atoms with Crippen LogP contribution in [0.25, 0.3) is 11.0 Å². The highest BCUT2D eigenvalue weighted by molar-refractivity contribution is 5.87. The molecule has 0 radical (unpaired) electrons. The second-order valence-electron chi connectivity index (χ2n) is 5.95. The molecule has 3 aromatic rings. The summed E-state index contributed by atoms with van der Waals surface area (Å²) in [4.78, 5) is 20.5. The maximum absolute atomic E-state index is 8.86. The van der Waals surface area contributed by atoms with Gasteiger partial charge in [-0.05, 0) is 24.6 Å². The van der Waals surface area contributed by atoms with Crippen LogP contribution in [0.1, 0.15) is 12.1 Å². The fourth-order valence-corrected chi connectivity index (χ4v) is 3.23. The van der Waals surface area contributed by atoms with Gasteiger partial charge in [-0.15, -0.1) is 0 Å². The van der Waals surface area contributed by atoms with E-state index in [1.165, 1.54) is 0 Å². The zero-order chi connectivity index (χ0) is 16.5. The second-order valence-corrected chi connectivity index (χ2v) is 5.95. The van der Waals surface area contributed by atoms with Gasteiger partial charge in [-0.25, -0.2) is 15.0 Å². The summed E-state index contributed by atoms with van der Waals surface area (Å²) in [6.45, 7) is 1.85. The first kappa shape index (κ1) is 14.5. The highest BCUT2D eigenvalue weighted by atomic mass is 15.3. The Balaban J connectivity index is 1.53. The van der Waals surface area contributed by atoms with Gasteiger partial charge in [0.15, 0.2) is 0 Å². The lowest BCUT2D eigenvalue weighted by Crippen LogP contribution is -2.34. The molecule has 0 aromatic carbocycles. The Morgan fingerprint density at radius 2 is 2.21 bits per heavy atom. The number of likely N-dealkylation sites (N-methyl/N-ethyl adjacent to an activating group) is 1. The molecular formula is C17H17N7. The Kier molecular flexibility index (Phi) is 3.50. The van der Waals surface area contributed by atoms with E-state index in [0.717, 1.165) is 42.0 Å². The standard InChI is InChI=1S/C17H17N7/c1-23(13-3-2-12(8-18)20-9-13)14-5-7-24(10-14)17-15-4-6-19-16(15)21-11-22-17/h2-4,6,9,11,14H,5,7,10H2,1H3,(H,19,21,22)/t14-/m1/s1. The molecule has 0 spiro atoms. The van der Waals surface area contributed by atoms with Crippen molar-refractivity contribution in [2.45, 2.75) is 12.5 Å². The van der Waals surface area contributed by atoms with Crippen molar-refractivity contribution < 1.29 is 0 Å². The number of nitriles is 1. The van der Waals surface area contributed by atoms with Crippen molar-refractivity contribution in [2.24, 2.45) is 0 Å². The van der Waals surface area contributed by atoms with Gasteiger partial charge >= 0.3 is 0 Å². The molecule has 0 saturated carbocycles. The molecule has 7 nitrogen and oxygen atoms in total. The molecule has 1 N–H and O–H groups in total. The van der Waals surface area contributed by atoms with Crippen molar-refractivity contribution in [1.29, 1.82) is 5.26 Å². The summed E-state index contributed by atoms with van der Waals surface area (Å²) in [6, 6.07) is 8.15. The van der Waals surface area contributed by atoms with Gasteiger partial charge in [0.1, 0.15) is 29.6 Å². The van der Waals surface area contributed by atoms with E-state index in [-0.39, 0.29) is 0 Å². The van der Waals surface area contributed by atoms with Gasteiger partial charge in [0.2, 0.25) is 0 Å². The normalized spacial score (nSPS) is 17.2. The van der Waals surface area contributed by atoms with Gasteiger partial charge in [-0.1, -0.05) is 0 Å². The Labute approximate surface area is 139 Å². The number of aromatic amines is 1.